The fraction of sp³-hybridized carbons (Fsp3) is 1.00. The number of hydrogen-bond acceptors (Lipinski definition) is 3. The first kappa shape index (κ1) is 10.9. The number of nitrogens with zero attached hydrogens (tertiary/aromatic N) is 1. The van der Waals surface area contributed by atoms with E-state index in [4.69, 9.17) is 10.2 Å². The van der Waals surface area contributed by atoms with Crippen molar-refractivity contribution < 1.29 is 10.2 Å². The molecule has 1 atom stereocenters. The molecular weight excluding hydrogens is 142 g/mol. The zero-order chi connectivity index (χ0) is 8.69. The van der Waals surface area contributed by atoms with Crippen LogP contribution in [0.25, 0.3) is 0 Å². The molecule has 0 radical (unpaired) electrons. The van der Waals surface area contributed by atoms with Crippen molar-refractivity contribution in [3.8, 4) is 0 Å². The Balaban J connectivity index is 3.15. The fourth-order valence-corrected chi connectivity index (χ4v) is 0.860. The van der Waals surface area contributed by atoms with Crippen LogP contribution in [0.1, 0.15) is 19.8 Å². The first-order valence-corrected chi connectivity index (χ1v) is 4.14. The largest absolute Gasteiger partial charge is 0.396 e. The molecule has 0 aromatic rings. The lowest BCUT2D eigenvalue weighted by atomic mass is 10.2. The summed E-state index contributed by atoms with van der Waals surface area (Å²) >= 11 is 0. The summed E-state index contributed by atoms with van der Waals surface area (Å²) in [7, 11) is 2.00. The van der Waals surface area contributed by atoms with Gasteiger partial charge in [-0.2, -0.15) is 0 Å². The molecule has 3 heteroatoms. The Labute approximate surface area is 68.6 Å². The van der Waals surface area contributed by atoms with E-state index >= 15 is 0 Å². The van der Waals surface area contributed by atoms with Crippen LogP contribution < -0.4 is 0 Å². The highest BCUT2D eigenvalue weighted by molar-refractivity contribution is 4.54. The van der Waals surface area contributed by atoms with E-state index in [1.807, 2.05) is 7.05 Å². The highest BCUT2D eigenvalue weighted by atomic mass is 16.3. The first-order chi connectivity index (χ1) is 5.16. The summed E-state index contributed by atoms with van der Waals surface area (Å²) in [4.78, 5) is 2.11. The lowest BCUT2D eigenvalue weighted by Gasteiger charge is -2.16. The quantitative estimate of drug-likeness (QED) is 0.579. The average molecular weight is 161 g/mol. The van der Waals surface area contributed by atoms with Crippen molar-refractivity contribution in [1.82, 2.24) is 4.90 Å². The maximum Gasteiger partial charge on any atom is 0.0524 e. The predicted molar refractivity (Wildman–Crippen MR) is 45.5 cm³/mol. The van der Waals surface area contributed by atoms with Crippen molar-refractivity contribution >= 4 is 0 Å². The Kier molecular flexibility index (Phi) is 6.51. The summed E-state index contributed by atoms with van der Waals surface area (Å²) in [5.41, 5.74) is 0. The summed E-state index contributed by atoms with van der Waals surface area (Å²) < 4.78 is 0. The van der Waals surface area contributed by atoms with Gasteiger partial charge in [-0.3, -0.25) is 0 Å². The SMILES string of the molecule is CC(O)CCN(C)CCCO. The van der Waals surface area contributed by atoms with Gasteiger partial charge >= 0.3 is 0 Å². The second-order valence-corrected chi connectivity index (χ2v) is 3.02. The lowest BCUT2D eigenvalue weighted by molar-refractivity contribution is 0.161. The molecule has 0 saturated carbocycles. The molecule has 1 unspecified atom stereocenters. The molecule has 0 aliphatic rings. The van der Waals surface area contributed by atoms with Gasteiger partial charge in [-0.15, -0.1) is 0 Å². The van der Waals surface area contributed by atoms with Crippen molar-refractivity contribution in [2.45, 2.75) is 25.9 Å². The third-order valence-corrected chi connectivity index (χ3v) is 1.63. The molecule has 0 amide bonds. The molecule has 0 saturated heterocycles. The monoisotopic (exact) mass is 161 g/mol. The molecule has 0 aliphatic carbocycles. The number of aliphatic hydroxyl groups excluding tert-OH is 2. The van der Waals surface area contributed by atoms with Crippen LogP contribution in [0.5, 0.6) is 0 Å². The number of rotatable bonds is 6. The van der Waals surface area contributed by atoms with Crippen molar-refractivity contribution in [3.63, 3.8) is 0 Å². The van der Waals surface area contributed by atoms with Crippen molar-refractivity contribution in [2.24, 2.45) is 0 Å². The van der Waals surface area contributed by atoms with Gasteiger partial charge < -0.3 is 15.1 Å². The summed E-state index contributed by atoms with van der Waals surface area (Å²) in [6, 6.07) is 0. The molecule has 0 spiro atoms. The Morgan fingerprint density at radius 3 is 2.45 bits per heavy atom. The molecule has 0 aliphatic heterocycles. The Hall–Kier alpha value is -0.120. The van der Waals surface area contributed by atoms with E-state index in [0.717, 1.165) is 25.9 Å². The number of hydrogen-bond donors (Lipinski definition) is 2. The van der Waals surface area contributed by atoms with Gasteiger partial charge in [-0.05, 0) is 26.8 Å². The molecule has 3 nitrogen and oxygen atoms in total. The van der Waals surface area contributed by atoms with Gasteiger partial charge in [0, 0.05) is 19.7 Å². The van der Waals surface area contributed by atoms with Crippen LogP contribution >= 0.6 is 0 Å². The minimum Gasteiger partial charge on any atom is -0.396 e. The fourth-order valence-electron chi connectivity index (χ4n) is 0.860. The topological polar surface area (TPSA) is 43.7 Å². The minimum atomic E-state index is -0.216. The Morgan fingerprint density at radius 1 is 1.36 bits per heavy atom. The predicted octanol–water partition coefficient (Wildman–Crippen LogP) is 0.0715. The third-order valence-electron chi connectivity index (χ3n) is 1.63. The van der Waals surface area contributed by atoms with Crippen LogP contribution in [0.2, 0.25) is 0 Å². The van der Waals surface area contributed by atoms with Crippen LogP contribution in [0.3, 0.4) is 0 Å². The first-order valence-electron chi connectivity index (χ1n) is 4.14. The van der Waals surface area contributed by atoms with Crippen LogP contribution in [0, 0.1) is 0 Å². The van der Waals surface area contributed by atoms with E-state index in [-0.39, 0.29) is 12.7 Å². The van der Waals surface area contributed by atoms with Crippen LogP contribution in [-0.2, 0) is 0 Å². The number of aliphatic hydroxyl groups is 2. The van der Waals surface area contributed by atoms with Gasteiger partial charge in [0.2, 0.25) is 0 Å². The highest BCUT2D eigenvalue weighted by Gasteiger charge is 1.99. The average Bonchev–Trinajstić information content (AvgIpc) is 1.97. The van der Waals surface area contributed by atoms with Gasteiger partial charge in [-0.1, -0.05) is 0 Å². The second-order valence-electron chi connectivity index (χ2n) is 3.02. The van der Waals surface area contributed by atoms with E-state index in [1.54, 1.807) is 6.92 Å². The minimum absolute atomic E-state index is 0.216. The van der Waals surface area contributed by atoms with E-state index in [2.05, 4.69) is 4.90 Å². The standard InChI is InChI=1S/C8H19NO2/c1-8(11)4-6-9(2)5-3-7-10/h8,10-11H,3-7H2,1-2H3. The molecule has 0 fully saturated rings. The molecule has 68 valence electrons. The third kappa shape index (κ3) is 7.78. The Bertz CT molecular complexity index is 86.2. The summed E-state index contributed by atoms with van der Waals surface area (Å²) in [5.74, 6) is 0. The molecule has 0 aromatic heterocycles. The summed E-state index contributed by atoms with van der Waals surface area (Å²) in [5, 5.41) is 17.5. The Morgan fingerprint density at radius 2 is 2.00 bits per heavy atom. The highest BCUT2D eigenvalue weighted by Crippen LogP contribution is 1.93. The van der Waals surface area contributed by atoms with E-state index < -0.39 is 0 Å². The van der Waals surface area contributed by atoms with Crippen molar-refractivity contribution in [2.75, 3.05) is 26.7 Å². The molecule has 0 rings (SSSR count). The maximum absolute atomic E-state index is 8.95. The van der Waals surface area contributed by atoms with Crippen LogP contribution in [0.4, 0.5) is 0 Å². The summed E-state index contributed by atoms with van der Waals surface area (Å²) in [6.45, 7) is 3.85. The molecule has 11 heavy (non-hydrogen) atoms. The van der Waals surface area contributed by atoms with Crippen LogP contribution in [-0.4, -0.2) is 48.0 Å². The maximum atomic E-state index is 8.95. The van der Waals surface area contributed by atoms with Gasteiger partial charge in [0.1, 0.15) is 0 Å². The van der Waals surface area contributed by atoms with Crippen LogP contribution in [0.15, 0.2) is 0 Å². The van der Waals surface area contributed by atoms with E-state index in [0.29, 0.717) is 0 Å². The lowest BCUT2D eigenvalue weighted by Crippen LogP contribution is -2.24. The van der Waals surface area contributed by atoms with Gasteiger partial charge in [0.25, 0.3) is 0 Å². The van der Waals surface area contributed by atoms with Crippen molar-refractivity contribution in [1.29, 1.82) is 0 Å². The van der Waals surface area contributed by atoms with Crippen molar-refractivity contribution in [3.05, 3.63) is 0 Å². The molecule has 0 bridgehead atoms. The second kappa shape index (κ2) is 6.58. The van der Waals surface area contributed by atoms with E-state index in [1.165, 1.54) is 0 Å². The molecule has 0 aromatic carbocycles. The molecular formula is C8H19NO2. The smallest absolute Gasteiger partial charge is 0.0524 e. The van der Waals surface area contributed by atoms with E-state index in [9.17, 15) is 0 Å². The molecule has 2 N–H and O–H groups in total. The zero-order valence-electron chi connectivity index (χ0n) is 7.45. The normalized spacial score (nSPS) is 13.9. The summed E-state index contributed by atoms with van der Waals surface area (Å²) in [6.07, 6.45) is 1.41. The van der Waals surface area contributed by atoms with Gasteiger partial charge in [0.05, 0.1) is 6.10 Å². The molecule has 0 heterocycles. The zero-order valence-corrected chi connectivity index (χ0v) is 7.45. The van der Waals surface area contributed by atoms with Gasteiger partial charge in [-0.25, -0.2) is 0 Å². The van der Waals surface area contributed by atoms with Gasteiger partial charge in [0.15, 0.2) is 0 Å².